The lowest BCUT2D eigenvalue weighted by Gasteiger charge is -2.22. The SMILES string of the molecule is C=C1c2ccccc2C=CC1C1CC1C(=O)CCO. The van der Waals surface area contributed by atoms with Crippen molar-refractivity contribution in [1.29, 1.82) is 0 Å². The molecule has 1 aromatic rings. The van der Waals surface area contributed by atoms with Gasteiger partial charge in [-0.05, 0) is 29.0 Å². The van der Waals surface area contributed by atoms with Crippen molar-refractivity contribution in [2.24, 2.45) is 17.8 Å². The number of aliphatic hydroxyl groups is 1. The molecule has 98 valence electrons. The van der Waals surface area contributed by atoms with Crippen molar-refractivity contribution < 1.29 is 9.90 Å². The van der Waals surface area contributed by atoms with Crippen LogP contribution in [0.25, 0.3) is 11.6 Å². The summed E-state index contributed by atoms with van der Waals surface area (Å²) >= 11 is 0. The lowest BCUT2D eigenvalue weighted by molar-refractivity contribution is -0.121. The third-order valence-electron chi connectivity index (χ3n) is 4.27. The van der Waals surface area contributed by atoms with Gasteiger partial charge in [0.1, 0.15) is 5.78 Å². The summed E-state index contributed by atoms with van der Waals surface area (Å²) in [5.41, 5.74) is 3.54. The molecular weight excluding hydrogens is 236 g/mol. The summed E-state index contributed by atoms with van der Waals surface area (Å²) < 4.78 is 0. The number of benzene rings is 1. The zero-order valence-corrected chi connectivity index (χ0v) is 10.9. The van der Waals surface area contributed by atoms with E-state index in [1.54, 1.807) is 0 Å². The van der Waals surface area contributed by atoms with Crippen molar-refractivity contribution >= 4 is 17.4 Å². The molecular formula is C17H18O2. The van der Waals surface area contributed by atoms with Gasteiger partial charge in [0.2, 0.25) is 0 Å². The van der Waals surface area contributed by atoms with E-state index in [2.05, 4.69) is 30.9 Å². The Morgan fingerprint density at radius 2 is 2.16 bits per heavy atom. The topological polar surface area (TPSA) is 37.3 Å². The van der Waals surface area contributed by atoms with Crippen LogP contribution in [0.4, 0.5) is 0 Å². The molecule has 0 saturated heterocycles. The lowest BCUT2D eigenvalue weighted by atomic mass is 9.82. The van der Waals surface area contributed by atoms with Crippen molar-refractivity contribution in [1.82, 2.24) is 0 Å². The standard InChI is InChI=1S/C17H18O2/c1-11-13-5-3-2-4-12(13)6-7-14(11)15-10-16(15)17(19)8-9-18/h2-7,14-16,18H,1,8-10H2. The van der Waals surface area contributed by atoms with E-state index in [4.69, 9.17) is 5.11 Å². The van der Waals surface area contributed by atoms with E-state index in [1.165, 1.54) is 11.1 Å². The van der Waals surface area contributed by atoms with Gasteiger partial charge in [0, 0.05) is 24.9 Å². The first-order valence-electron chi connectivity index (χ1n) is 6.82. The molecule has 2 aliphatic carbocycles. The highest BCUT2D eigenvalue weighted by atomic mass is 16.3. The number of hydrogen-bond acceptors (Lipinski definition) is 2. The van der Waals surface area contributed by atoms with Crippen LogP contribution >= 0.6 is 0 Å². The van der Waals surface area contributed by atoms with Gasteiger partial charge in [-0.3, -0.25) is 4.79 Å². The molecule has 1 N–H and O–H groups in total. The highest BCUT2D eigenvalue weighted by Gasteiger charge is 2.47. The molecule has 0 bridgehead atoms. The molecule has 1 fully saturated rings. The van der Waals surface area contributed by atoms with Gasteiger partial charge in [0.15, 0.2) is 0 Å². The third kappa shape index (κ3) is 2.17. The molecule has 0 amide bonds. The molecule has 19 heavy (non-hydrogen) atoms. The minimum atomic E-state index is -0.0354. The monoisotopic (exact) mass is 254 g/mol. The maximum Gasteiger partial charge on any atom is 0.138 e. The Bertz CT molecular complexity index is 556. The van der Waals surface area contributed by atoms with Crippen molar-refractivity contribution in [2.45, 2.75) is 12.8 Å². The van der Waals surface area contributed by atoms with E-state index >= 15 is 0 Å². The first-order chi connectivity index (χ1) is 9.22. The maximum atomic E-state index is 11.8. The Balaban J connectivity index is 1.76. The number of allylic oxidation sites excluding steroid dienone is 2. The number of fused-ring (bicyclic) bond motifs is 1. The smallest absolute Gasteiger partial charge is 0.138 e. The normalized spacial score (nSPS) is 28.1. The van der Waals surface area contributed by atoms with Crippen molar-refractivity contribution in [2.75, 3.05) is 6.61 Å². The molecule has 0 spiro atoms. The van der Waals surface area contributed by atoms with E-state index < -0.39 is 0 Å². The first kappa shape index (κ1) is 12.4. The number of rotatable bonds is 4. The van der Waals surface area contributed by atoms with Gasteiger partial charge < -0.3 is 5.11 Å². The second kappa shape index (κ2) is 4.78. The average Bonchev–Trinajstić information content (AvgIpc) is 3.20. The highest BCUT2D eigenvalue weighted by molar-refractivity contribution is 5.86. The van der Waals surface area contributed by atoms with Gasteiger partial charge in [-0.2, -0.15) is 0 Å². The molecule has 2 heteroatoms. The number of Topliss-reactive ketones (excluding diaryl/α,β-unsaturated/α-hetero) is 1. The van der Waals surface area contributed by atoms with Crippen LogP contribution in [0.2, 0.25) is 0 Å². The fraction of sp³-hybridized carbons (Fsp3) is 0.353. The molecule has 3 atom stereocenters. The molecule has 1 saturated carbocycles. The Morgan fingerprint density at radius 1 is 1.37 bits per heavy atom. The van der Waals surface area contributed by atoms with Crippen LogP contribution in [0.5, 0.6) is 0 Å². The molecule has 0 radical (unpaired) electrons. The second-order valence-electron chi connectivity index (χ2n) is 5.44. The summed E-state index contributed by atoms with van der Waals surface area (Å²) in [6, 6.07) is 8.25. The first-order valence-corrected chi connectivity index (χ1v) is 6.82. The summed E-state index contributed by atoms with van der Waals surface area (Å²) in [5.74, 6) is 0.995. The second-order valence-corrected chi connectivity index (χ2v) is 5.44. The summed E-state index contributed by atoms with van der Waals surface area (Å²) in [4.78, 5) is 11.8. The van der Waals surface area contributed by atoms with Gasteiger partial charge in [0.05, 0.1) is 0 Å². The highest BCUT2D eigenvalue weighted by Crippen LogP contribution is 2.51. The van der Waals surface area contributed by atoms with E-state index in [-0.39, 0.29) is 24.2 Å². The van der Waals surface area contributed by atoms with Crippen LogP contribution in [0.3, 0.4) is 0 Å². The van der Waals surface area contributed by atoms with Crippen LogP contribution in [-0.4, -0.2) is 17.5 Å². The summed E-state index contributed by atoms with van der Waals surface area (Å²) in [6.07, 6.45) is 5.55. The quantitative estimate of drug-likeness (QED) is 0.897. The van der Waals surface area contributed by atoms with E-state index in [0.717, 1.165) is 12.0 Å². The zero-order valence-electron chi connectivity index (χ0n) is 10.9. The molecule has 2 nitrogen and oxygen atoms in total. The van der Waals surface area contributed by atoms with Crippen LogP contribution in [0.15, 0.2) is 36.9 Å². The van der Waals surface area contributed by atoms with Crippen LogP contribution in [0, 0.1) is 17.8 Å². The fourth-order valence-corrected chi connectivity index (χ4v) is 3.12. The predicted molar refractivity (Wildman–Crippen MR) is 76.3 cm³/mol. The predicted octanol–water partition coefficient (Wildman–Crippen LogP) is 2.93. The third-order valence-corrected chi connectivity index (χ3v) is 4.27. The summed E-state index contributed by atoms with van der Waals surface area (Å²) in [5, 5.41) is 8.84. The van der Waals surface area contributed by atoms with Gasteiger partial charge >= 0.3 is 0 Å². The number of carbonyl (C=O) groups excluding carboxylic acids is 1. The van der Waals surface area contributed by atoms with E-state index in [1.807, 2.05) is 12.1 Å². The molecule has 3 unspecified atom stereocenters. The van der Waals surface area contributed by atoms with Crippen molar-refractivity contribution in [3.8, 4) is 0 Å². The number of carbonyl (C=O) groups is 1. The summed E-state index contributed by atoms with van der Waals surface area (Å²) in [7, 11) is 0. The lowest BCUT2D eigenvalue weighted by Crippen LogP contribution is -2.12. The van der Waals surface area contributed by atoms with Gasteiger partial charge in [-0.1, -0.05) is 43.0 Å². The fourth-order valence-electron chi connectivity index (χ4n) is 3.12. The molecule has 1 aromatic carbocycles. The summed E-state index contributed by atoms with van der Waals surface area (Å²) in [6.45, 7) is 4.19. The van der Waals surface area contributed by atoms with Crippen LogP contribution in [-0.2, 0) is 4.79 Å². The maximum absolute atomic E-state index is 11.8. The number of hydrogen-bond donors (Lipinski definition) is 1. The van der Waals surface area contributed by atoms with Gasteiger partial charge in [0.25, 0.3) is 0 Å². The zero-order chi connectivity index (χ0) is 13.4. The van der Waals surface area contributed by atoms with Crippen molar-refractivity contribution in [3.63, 3.8) is 0 Å². The van der Waals surface area contributed by atoms with Crippen LogP contribution < -0.4 is 0 Å². The molecule has 0 heterocycles. The molecule has 2 aliphatic rings. The Morgan fingerprint density at radius 3 is 2.95 bits per heavy atom. The van der Waals surface area contributed by atoms with E-state index in [0.29, 0.717) is 12.3 Å². The Kier molecular flexibility index (Phi) is 3.11. The molecule has 3 rings (SSSR count). The molecule has 0 aliphatic heterocycles. The Labute approximate surface area is 113 Å². The van der Waals surface area contributed by atoms with Crippen molar-refractivity contribution in [3.05, 3.63) is 48.0 Å². The minimum Gasteiger partial charge on any atom is -0.396 e. The minimum absolute atomic E-state index is 0.0354. The Hall–Kier alpha value is -1.67. The number of ketones is 1. The molecule has 0 aromatic heterocycles. The van der Waals surface area contributed by atoms with E-state index in [9.17, 15) is 4.79 Å². The van der Waals surface area contributed by atoms with Gasteiger partial charge in [-0.15, -0.1) is 0 Å². The number of aliphatic hydroxyl groups excluding tert-OH is 1. The average molecular weight is 254 g/mol. The van der Waals surface area contributed by atoms with Crippen LogP contribution in [0.1, 0.15) is 24.0 Å². The van der Waals surface area contributed by atoms with Gasteiger partial charge in [-0.25, -0.2) is 0 Å². The largest absolute Gasteiger partial charge is 0.396 e.